The lowest BCUT2D eigenvalue weighted by Crippen LogP contribution is -2.16. The zero-order chi connectivity index (χ0) is 14.4. The van der Waals surface area contributed by atoms with Crippen molar-refractivity contribution >= 4 is 11.8 Å². The minimum absolute atomic E-state index is 0.126. The van der Waals surface area contributed by atoms with Crippen LogP contribution >= 0.6 is 0 Å². The van der Waals surface area contributed by atoms with Gasteiger partial charge in [-0.1, -0.05) is 5.16 Å². The van der Waals surface area contributed by atoms with E-state index in [0.717, 1.165) is 0 Å². The Morgan fingerprint density at radius 2 is 1.75 bits per heavy atom. The van der Waals surface area contributed by atoms with Crippen LogP contribution in [0.5, 0.6) is 5.75 Å². The minimum atomic E-state index is -0.585. The fraction of sp³-hybridized carbons (Fsp3) is 0.0714. The van der Waals surface area contributed by atoms with E-state index in [4.69, 9.17) is 15.3 Å². The van der Waals surface area contributed by atoms with E-state index in [-0.39, 0.29) is 5.84 Å². The molecule has 20 heavy (non-hydrogen) atoms. The van der Waals surface area contributed by atoms with Gasteiger partial charge in [-0.25, -0.2) is 9.78 Å². The number of carbonyl (C=O) groups is 1. The number of nitrogens with two attached hydrogens (primary N) is 1. The van der Waals surface area contributed by atoms with E-state index in [9.17, 15) is 4.79 Å². The highest BCUT2D eigenvalue weighted by atomic mass is 16.7. The van der Waals surface area contributed by atoms with Crippen LogP contribution in [0.25, 0.3) is 0 Å². The molecule has 0 saturated heterocycles. The Hall–Kier alpha value is -2.89. The molecule has 1 aromatic heterocycles. The number of nitrogens with zero attached hydrogens (tertiary/aromatic N) is 1. The van der Waals surface area contributed by atoms with Crippen molar-refractivity contribution in [2.75, 3.05) is 7.11 Å². The van der Waals surface area contributed by atoms with Gasteiger partial charge in [0.1, 0.15) is 5.75 Å². The highest BCUT2D eigenvalue weighted by Crippen LogP contribution is 2.12. The predicted octanol–water partition coefficient (Wildman–Crippen LogP) is 0.987. The summed E-state index contributed by atoms with van der Waals surface area (Å²) in [4.78, 5) is 19.4. The molecule has 1 heterocycles. The summed E-state index contributed by atoms with van der Waals surface area (Å²) in [7, 11) is 1.55. The molecule has 2 aromatic rings. The third-order valence-electron chi connectivity index (χ3n) is 2.57. The average Bonchev–Trinajstić information content (AvgIpc) is 2.53. The SMILES string of the molecule is COc1ccc(C(=O)ON=C(N)c2cc[nH+]cc2)cc1. The van der Waals surface area contributed by atoms with Crippen LogP contribution in [0.1, 0.15) is 15.9 Å². The quantitative estimate of drug-likeness (QED) is 0.389. The second-order valence-electron chi connectivity index (χ2n) is 3.87. The number of hydrogen-bond donors (Lipinski definition) is 1. The van der Waals surface area contributed by atoms with Crippen LogP contribution < -0.4 is 15.5 Å². The Bertz CT molecular complexity index is 609. The molecule has 0 aliphatic heterocycles. The van der Waals surface area contributed by atoms with Crippen LogP contribution in [0.4, 0.5) is 0 Å². The maximum atomic E-state index is 11.7. The predicted molar refractivity (Wildman–Crippen MR) is 72.1 cm³/mol. The number of rotatable bonds is 4. The van der Waals surface area contributed by atoms with Crippen LogP contribution in [-0.2, 0) is 4.84 Å². The molecule has 6 nitrogen and oxygen atoms in total. The molecule has 0 atom stereocenters. The van der Waals surface area contributed by atoms with Gasteiger partial charge < -0.3 is 15.3 Å². The van der Waals surface area contributed by atoms with Crippen molar-refractivity contribution in [1.82, 2.24) is 0 Å². The summed E-state index contributed by atoms with van der Waals surface area (Å²) in [5.74, 6) is 0.198. The lowest BCUT2D eigenvalue weighted by molar-refractivity contribution is -0.378. The number of methoxy groups -OCH3 is 1. The number of ether oxygens (including phenoxy) is 1. The molecule has 0 bridgehead atoms. The van der Waals surface area contributed by atoms with Crippen molar-refractivity contribution < 1.29 is 19.4 Å². The highest BCUT2D eigenvalue weighted by molar-refractivity contribution is 5.97. The van der Waals surface area contributed by atoms with Crippen LogP contribution in [0.3, 0.4) is 0 Å². The molecule has 0 aliphatic carbocycles. The molecule has 6 heteroatoms. The number of carbonyl (C=O) groups excluding carboxylic acids is 1. The molecule has 0 radical (unpaired) electrons. The summed E-state index contributed by atoms with van der Waals surface area (Å²) in [6, 6.07) is 9.95. The molecule has 1 aromatic carbocycles. The smallest absolute Gasteiger partial charge is 0.365 e. The fourth-order valence-corrected chi connectivity index (χ4v) is 1.48. The molecule has 3 N–H and O–H groups in total. The van der Waals surface area contributed by atoms with Crippen molar-refractivity contribution in [2.45, 2.75) is 0 Å². The largest absolute Gasteiger partial charge is 0.497 e. The molecule has 0 unspecified atom stereocenters. The van der Waals surface area contributed by atoms with Crippen LogP contribution in [0.2, 0.25) is 0 Å². The fourth-order valence-electron chi connectivity index (χ4n) is 1.48. The van der Waals surface area contributed by atoms with Gasteiger partial charge in [-0.15, -0.1) is 0 Å². The van der Waals surface area contributed by atoms with E-state index >= 15 is 0 Å². The van der Waals surface area contributed by atoms with Crippen molar-refractivity contribution in [2.24, 2.45) is 10.9 Å². The Kier molecular flexibility index (Phi) is 4.28. The Morgan fingerprint density at radius 1 is 1.10 bits per heavy atom. The Morgan fingerprint density at radius 3 is 2.35 bits per heavy atom. The molecule has 0 spiro atoms. The number of amidine groups is 1. The molecular weight excluding hydrogens is 258 g/mol. The van der Waals surface area contributed by atoms with Gasteiger partial charge in [0, 0.05) is 17.7 Å². The molecular formula is C14H14N3O3+. The first-order chi connectivity index (χ1) is 9.70. The standard InChI is InChI=1S/C14H13N3O3/c1-19-12-4-2-11(3-5-12)14(18)20-17-13(15)10-6-8-16-9-7-10/h2-9H,1H3,(H2,15,17)/p+1. The van der Waals surface area contributed by atoms with Gasteiger partial charge in [0.15, 0.2) is 18.2 Å². The Labute approximate surface area is 115 Å². The van der Waals surface area contributed by atoms with Crippen LogP contribution in [0.15, 0.2) is 53.9 Å². The summed E-state index contributed by atoms with van der Waals surface area (Å²) in [5, 5.41) is 3.61. The zero-order valence-electron chi connectivity index (χ0n) is 10.9. The van der Waals surface area contributed by atoms with E-state index in [1.807, 2.05) is 0 Å². The second-order valence-corrected chi connectivity index (χ2v) is 3.87. The minimum Gasteiger partial charge on any atom is -0.497 e. The number of hydrogen-bond acceptors (Lipinski definition) is 4. The van der Waals surface area contributed by atoms with Gasteiger partial charge in [0.05, 0.1) is 12.7 Å². The van der Waals surface area contributed by atoms with E-state index in [2.05, 4.69) is 10.1 Å². The first-order valence-corrected chi connectivity index (χ1v) is 5.86. The zero-order valence-corrected chi connectivity index (χ0v) is 10.9. The van der Waals surface area contributed by atoms with Crippen LogP contribution in [-0.4, -0.2) is 18.9 Å². The topological polar surface area (TPSA) is 88.0 Å². The first kappa shape index (κ1) is 13.5. The van der Waals surface area contributed by atoms with E-state index < -0.39 is 5.97 Å². The van der Waals surface area contributed by atoms with Gasteiger partial charge in [-0.05, 0) is 24.3 Å². The maximum absolute atomic E-state index is 11.7. The number of benzene rings is 1. The number of pyridine rings is 1. The van der Waals surface area contributed by atoms with Gasteiger partial charge >= 0.3 is 5.97 Å². The van der Waals surface area contributed by atoms with E-state index in [1.165, 1.54) is 0 Å². The molecule has 0 fully saturated rings. The summed E-state index contributed by atoms with van der Waals surface area (Å²) in [5.41, 5.74) is 6.73. The third-order valence-corrected chi connectivity index (χ3v) is 2.57. The van der Waals surface area contributed by atoms with Crippen molar-refractivity contribution in [1.29, 1.82) is 0 Å². The number of H-pyrrole nitrogens is 1. The summed E-state index contributed by atoms with van der Waals surface area (Å²) < 4.78 is 5.00. The number of oxime groups is 1. The third kappa shape index (κ3) is 3.32. The summed E-state index contributed by atoms with van der Waals surface area (Å²) in [6.45, 7) is 0. The van der Waals surface area contributed by atoms with Crippen molar-refractivity contribution in [3.05, 3.63) is 59.9 Å². The van der Waals surface area contributed by atoms with Crippen molar-refractivity contribution in [3.8, 4) is 5.75 Å². The molecule has 102 valence electrons. The number of aromatic nitrogens is 1. The molecule has 0 saturated carbocycles. The lowest BCUT2D eigenvalue weighted by Gasteiger charge is -2.02. The average molecular weight is 272 g/mol. The highest BCUT2D eigenvalue weighted by Gasteiger charge is 2.08. The second kappa shape index (κ2) is 6.33. The van der Waals surface area contributed by atoms with Gasteiger partial charge in [-0.3, -0.25) is 0 Å². The normalized spacial score (nSPS) is 10.9. The van der Waals surface area contributed by atoms with Gasteiger partial charge in [0.25, 0.3) is 0 Å². The van der Waals surface area contributed by atoms with Gasteiger partial charge in [0.2, 0.25) is 0 Å². The lowest BCUT2D eigenvalue weighted by atomic mass is 10.2. The monoisotopic (exact) mass is 272 g/mol. The number of nitrogens with one attached hydrogen (secondary N) is 1. The van der Waals surface area contributed by atoms with Gasteiger partial charge in [-0.2, -0.15) is 0 Å². The first-order valence-electron chi connectivity index (χ1n) is 5.86. The maximum Gasteiger partial charge on any atom is 0.365 e. The summed E-state index contributed by atoms with van der Waals surface area (Å²) in [6.07, 6.45) is 3.39. The Balaban J connectivity index is 2.04. The van der Waals surface area contributed by atoms with E-state index in [1.54, 1.807) is 55.9 Å². The molecule has 0 amide bonds. The van der Waals surface area contributed by atoms with Crippen LogP contribution in [0, 0.1) is 0 Å². The summed E-state index contributed by atoms with van der Waals surface area (Å²) >= 11 is 0. The molecule has 0 aliphatic rings. The van der Waals surface area contributed by atoms with Crippen molar-refractivity contribution in [3.63, 3.8) is 0 Å². The van der Waals surface area contributed by atoms with E-state index in [0.29, 0.717) is 16.9 Å². The molecule has 2 rings (SSSR count). The number of aromatic amines is 1.